The monoisotopic (exact) mass is 846 g/mol. The van der Waals surface area contributed by atoms with Crippen LogP contribution in [0.3, 0.4) is 0 Å². The van der Waals surface area contributed by atoms with Gasteiger partial charge in [0.2, 0.25) is 0 Å². The molecule has 0 aliphatic carbocycles. The third-order valence-corrected chi connectivity index (χ3v) is 10.3. The van der Waals surface area contributed by atoms with Gasteiger partial charge in [0.25, 0.3) is 7.82 Å². The second-order valence-corrected chi connectivity index (χ2v) is 17.5. The number of hydrogen-bond donors (Lipinski definition) is 0. The third-order valence-electron chi connectivity index (χ3n) is 9.31. The predicted molar refractivity (Wildman–Crippen MR) is 240 cm³/mol. The molecule has 0 amide bonds. The highest BCUT2D eigenvalue weighted by molar-refractivity contribution is 7.45. The summed E-state index contributed by atoms with van der Waals surface area (Å²) in [6.45, 7) is 4.01. The van der Waals surface area contributed by atoms with Gasteiger partial charge in [0.15, 0.2) is 6.10 Å². The van der Waals surface area contributed by atoms with Gasteiger partial charge in [-0.1, -0.05) is 131 Å². The fraction of sp³-hybridized carbons (Fsp3) is 0.667. The summed E-state index contributed by atoms with van der Waals surface area (Å²) in [7, 11) is 1.08. The van der Waals surface area contributed by atoms with Gasteiger partial charge in [-0.05, 0) is 83.5 Å². The molecule has 0 spiro atoms. The Morgan fingerprint density at radius 2 is 1.12 bits per heavy atom. The van der Waals surface area contributed by atoms with Crippen LogP contribution in [0.2, 0.25) is 0 Å². The summed E-state index contributed by atoms with van der Waals surface area (Å²) in [6.07, 6.45) is 48.0. The van der Waals surface area contributed by atoms with E-state index < -0.39 is 32.5 Å². The van der Waals surface area contributed by atoms with Crippen molar-refractivity contribution in [2.24, 2.45) is 0 Å². The van der Waals surface area contributed by atoms with E-state index in [0.29, 0.717) is 42.5 Å². The first-order valence-corrected chi connectivity index (χ1v) is 23.9. The Kier molecular flexibility index (Phi) is 32.9. The summed E-state index contributed by atoms with van der Waals surface area (Å²) in [5.41, 5.74) is 0. The summed E-state index contributed by atoms with van der Waals surface area (Å²) >= 11 is 0. The first-order valence-electron chi connectivity index (χ1n) is 22.4. The number of esters is 2. The summed E-state index contributed by atoms with van der Waals surface area (Å²) in [6, 6.07) is 0. The molecule has 1 fully saturated rings. The zero-order valence-electron chi connectivity index (χ0n) is 37.4. The minimum absolute atomic E-state index is 0.0562. The van der Waals surface area contributed by atoms with Crippen LogP contribution in [-0.2, 0) is 37.4 Å². The molecule has 0 radical (unpaired) electrons. The maximum absolute atomic E-state index is 12.7. The van der Waals surface area contributed by atoms with E-state index in [1.807, 2.05) is 33.3 Å². The molecule has 10 nitrogen and oxygen atoms in total. The van der Waals surface area contributed by atoms with Gasteiger partial charge in [-0.2, -0.15) is 0 Å². The molecular weight excluding hydrogens is 765 g/mol. The number of ether oxygens (including phenoxy) is 3. The van der Waals surface area contributed by atoms with E-state index in [9.17, 15) is 19.0 Å². The van der Waals surface area contributed by atoms with Gasteiger partial charge < -0.3 is 32.6 Å². The summed E-state index contributed by atoms with van der Waals surface area (Å²) in [5.74, 6) is -0.980. The zero-order chi connectivity index (χ0) is 43.3. The van der Waals surface area contributed by atoms with Crippen LogP contribution in [-0.4, -0.2) is 82.2 Å². The van der Waals surface area contributed by atoms with Crippen molar-refractivity contribution in [2.45, 2.75) is 161 Å². The summed E-state index contributed by atoms with van der Waals surface area (Å²) in [5, 5.41) is 0. The number of phosphoric ester groups is 1. The maximum atomic E-state index is 12.7. The molecule has 0 aromatic carbocycles. The van der Waals surface area contributed by atoms with E-state index in [0.717, 1.165) is 44.9 Å². The number of rotatable bonds is 38. The van der Waals surface area contributed by atoms with E-state index in [1.54, 1.807) is 0 Å². The molecule has 0 saturated carbocycles. The van der Waals surface area contributed by atoms with Gasteiger partial charge in [-0.3, -0.25) is 14.2 Å². The second kappa shape index (κ2) is 35.9. The van der Waals surface area contributed by atoms with Crippen LogP contribution in [0, 0.1) is 0 Å². The van der Waals surface area contributed by atoms with E-state index in [1.165, 1.54) is 51.4 Å². The molecule has 1 heterocycles. The standard InChI is InChI=1S/C48H80NO9P/c1-6-8-10-11-12-13-14-15-16-17-18-19-20-24-27-30-34-38-47(50)54-42-44(43-56-59(52,53)55-41-40-49(3,4)5)57-48(51)39-35-31-28-25-22-21-23-26-29-33-37-46-45(58-46)36-32-9-7-2/h12-13,15-16,18-19,21,23-25,27-29,33,44-46H,6-11,14,17,20,22,26,30-32,34-43H2,1-5H3/b13-12-,16-15-,19-18-,23-21-,27-24-,28-25-,33-29-/t44-,45?,46?/m1/s1. The first kappa shape index (κ1) is 54.2. The second-order valence-electron chi connectivity index (χ2n) is 16.1. The minimum atomic E-state index is -4.66. The SMILES string of the molecule is CCCCC/C=C\C/C=C\C/C=C\C/C=C\CCCC(=O)OC[C@H](COP(=O)([O-])OCC[N+](C)(C)C)OC(=O)CCC/C=C\C/C=C\C/C=C\CC1OC1CCCCC. The predicted octanol–water partition coefficient (Wildman–Crippen LogP) is 11.2. The van der Waals surface area contributed by atoms with Crippen LogP contribution < -0.4 is 4.89 Å². The molecule has 1 aliphatic rings. The zero-order valence-corrected chi connectivity index (χ0v) is 38.2. The molecular formula is C48H80NO9P. The lowest BCUT2D eigenvalue weighted by Gasteiger charge is -2.28. The number of likely N-dealkylation sites (N-methyl/N-ethyl adjacent to an activating group) is 1. The Morgan fingerprint density at radius 1 is 0.627 bits per heavy atom. The highest BCUT2D eigenvalue weighted by atomic mass is 31.2. The number of hydrogen-bond acceptors (Lipinski definition) is 9. The van der Waals surface area contributed by atoms with Crippen LogP contribution in [0.25, 0.3) is 0 Å². The van der Waals surface area contributed by atoms with Gasteiger partial charge in [-0.25, -0.2) is 0 Å². The largest absolute Gasteiger partial charge is 0.756 e. The molecule has 3 unspecified atom stereocenters. The van der Waals surface area contributed by atoms with E-state index in [4.69, 9.17) is 23.3 Å². The van der Waals surface area contributed by atoms with Crippen LogP contribution in [0.1, 0.15) is 142 Å². The minimum Gasteiger partial charge on any atom is -0.756 e. The van der Waals surface area contributed by atoms with Gasteiger partial charge >= 0.3 is 11.9 Å². The molecule has 1 rings (SSSR count). The lowest BCUT2D eigenvalue weighted by Crippen LogP contribution is -2.37. The third kappa shape index (κ3) is 36.7. The van der Waals surface area contributed by atoms with Crippen molar-refractivity contribution < 1.29 is 46.8 Å². The van der Waals surface area contributed by atoms with Crippen molar-refractivity contribution in [2.75, 3.05) is 47.5 Å². The van der Waals surface area contributed by atoms with Gasteiger partial charge in [0, 0.05) is 12.8 Å². The van der Waals surface area contributed by atoms with Gasteiger partial charge in [-0.15, -0.1) is 0 Å². The molecule has 1 aliphatic heterocycles. The smallest absolute Gasteiger partial charge is 0.306 e. The van der Waals surface area contributed by atoms with Crippen molar-refractivity contribution in [3.8, 4) is 0 Å². The molecule has 11 heteroatoms. The Bertz CT molecular complexity index is 1340. The van der Waals surface area contributed by atoms with E-state index in [-0.39, 0.29) is 26.1 Å². The van der Waals surface area contributed by atoms with E-state index in [2.05, 4.69) is 86.8 Å². The number of phosphoric acid groups is 1. The molecule has 0 bridgehead atoms. The fourth-order valence-corrected chi connectivity index (χ4v) is 6.40. The van der Waals surface area contributed by atoms with E-state index >= 15 is 0 Å². The molecule has 0 N–H and O–H groups in total. The number of nitrogens with zero attached hydrogens (tertiary/aromatic N) is 1. The Morgan fingerprint density at radius 3 is 1.66 bits per heavy atom. The van der Waals surface area contributed by atoms with Crippen LogP contribution in [0.5, 0.6) is 0 Å². The molecule has 4 atom stereocenters. The number of unbranched alkanes of at least 4 members (excludes halogenated alkanes) is 7. The average molecular weight is 846 g/mol. The normalized spacial score (nSPS) is 17.8. The van der Waals surface area contributed by atoms with Crippen molar-refractivity contribution in [1.82, 2.24) is 0 Å². The number of carbonyl (C=O) groups excluding carboxylic acids is 2. The number of allylic oxidation sites excluding steroid dienone is 13. The van der Waals surface area contributed by atoms with Gasteiger partial charge in [0.1, 0.15) is 19.8 Å². The fourth-order valence-electron chi connectivity index (χ4n) is 5.67. The van der Waals surface area contributed by atoms with Crippen LogP contribution in [0.15, 0.2) is 85.1 Å². The lowest BCUT2D eigenvalue weighted by molar-refractivity contribution is -0.870. The van der Waals surface area contributed by atoms with Gasteiger partial charge in [0.05, 0.1) is 40.0 Å². The summed E-state index contributed by atoms with van der Waals surface area (Å²) < 4.78 is 39.5. The van der Waals surface area contributed by atoms with Crippen molar-refractivity contribution in [3.05, 3.63) is 85.1 Å². The number of quaternary nitrogens is 1. The molecule has 1 saturated heterocycles. The quantitative estimate of drug-likeness (QED) is 0.0149. The topological polar surface area (TPSA) is 124 Å². The van der Waals surface area contributed by atoms with Crippen LogP contribution >= 0.6 is 7.82 Å². The highest BCUT2D eigenvalue weighted by Crippen LogP contribution is 2.38. The lowest BCUT2D eigenvalue weighted by atomic mass is 10.1. The Hall–Kier alpha value is -2.85. The molecule has 0 aromatic heterocycles. The van der Waals surface area contributed by atoms with Crippen molar-refractivity contribution in [3.63, 3.8) is 0 Å². The number of carbonyl (C=O) groups is 2. The first-order chi connectivity index (χ1) is 28.5. The highest BCUT2D eigenvalue weighted by Gasteiger charge is 2.36. The molecule has 59 heavy (non-hydrogen) atoms. The molecule has 0 aromatic rings. The van der Waals surface area contributed by atoms with Crippen LogP contribution in [0.4, 0.5) is 0 Å². The van der Waals surface area contributed by atoms with Crippen molar-refractivity contribution in [1.29, 1.82) is 0 Å². The molecule has 336 valence electrons. The Balaban J connectivity index is 2.37. The number of epoxide rings is 1. The van der Waals surface area contributed by atoms with Crippen molar-refractivity contribution >= 4 is 19.8 Å². The Labute approximate surface area is 358 Å². The summed E-state index contributed by atoms with van der Waals surface area (Å²) in [4.78, 5) is 37.5. The maximum Gasteiger partial charge on any atom is 0.306 e. The average Bonchev–Trinajstić information content (AvgIpc) is 3.94.